The first-order chi connectivity index (χ1) is 15.8. The average Bonchev–Trinajstić information content (AvgIpc) is 3.31. The highest BCUT2D eigenvalue weighted by atomic mass is 35.5. The Hall–Kier alpha value is -1.86. The van der Waals surface area contributed by atoms with Crippen LogP contribution in [0.25, 0.3) is 0 Å². The van der Waals surface area contributed by atoms with Crippen molar-refractivity contribution in [1.82, 2.24) is 9.80 Å². The largest absolute Gasteiger partial charge is 0.368 e. The topological polar surface area (TPSA) is 61.9 Å². The van der Waals surface area contributed by atoms with E-state index in [2.05, 4.69) is 17.1 Å². The van der Waals surface area contributed by atoms with E-state index in [0.717, 1.165) is 37.1 Å². The number of carbonyl (C=O) groups excluding carboxylic acids is 2. The molecule has 3 aliphatic rings. The molecule has 1 aromatic carbocycles. The van der Waals surface area contributed by atoms with E-state index < -0.39 is 0 Å². The molecule has 0 spiro atoms. The molecule has 3 atom stereocenters. The van der Waals surface area contributed by atoms with Gasteiger partial charge in [-0.1, -0.05) is 29.8 Å². The van der Waals surface area contributed by atoms with Crippen LogP contribution in [0.1, 0.15) is 37.3 Å². The SMILES string of the molecule is Cc1c(CN2CCN(C(=O)[C@H]3CCCO3)[C@@H](C)C2)cc(Cl)cc1NC(=O)C1=CC=CC(Cl)C1. The van der Waals surface area contributed by atoms with Crippen LogP contribution < -0.4 is 5.32 Å². The van der Waals surface area contributed by atoms with Gasteiger partial charge in [-0.25, -0.2) is 0 Å². The Labute approximate surface area is 205 Å². The van der Waals surface area contributed by atoms with Crippen molar-refractivity contribution >= 4 is 40.7 Å². The van der Waals surface area contributed by atoms with Gasteiger partial charge >= 0.3 is 0 Å². The summed E-state index contributed by atoms with van der Waals surface area (Å²) in [5, 5.41) is 3.43. The van der Waals surface area contributed by atoms with Crippen LogP contribution >= 0.6 is 23.2 Å². The number of anilines is 1. The molecule has 2 amide bonds. The molecule has 6 nitrogen and oxygen atoms in total. The van der Waals surface area contributed by atoms with Crippen molar-refractivity contribution < 1.29 is 14.3 Å². The lowest BCUT2D eigenvalue weighted by Gasteiger charge is -2.41. The zero-order chi connectivity index (χ0) is 23.5. The number of alkyl halides is 1. The molecule has 2 saturated heterocycles. The van der Waals surface area contributed by atoms with Gasteiger partial charge in [0.2, 0.25) is 0 Å². The van der Waals surface area contributed by atoms with Crippen LogP contribution in [0.2, 0.25) is 5.02 Å². The standard InChI is InChI=1S/C25H31Cl2N3O3/c1-16-14-29(8-9-30(16)25(32)23-7-4-10-33-23)15-19-12-21(27)13-22(17(19)2)28-24(31)18-5-3-6-20(26)11-18/h3,5-6,12-13,16,20,23H,4,7-11,14-15H2,1-2H3,(H,28,31)/t16-,20?,23+/m0/s1. The maximum absolute atomic E-state index is 12.8. The number of nitrogens with zero attached hydrogens (tertiary/aromatic N) is 2. The maximum Gasteiger partial charge on any atom is 0.252 e. The number of ether oxygens (including phenoxy) is 1. The molecule has 1 N–H and O–H groups in total. The van der Waals surface area contributed by atoms with Gasteiger partial charge in [0.15, 0.2) is 0 Å². The second-order valence-electron chi connectivity index (χ2n) is 9.11. The van der Waals surface area contributed by atoms with Gasteiger partial charge < -0.3 is 15.0 Å². The van der Waals surface area contributed by atoms with Crippen LogP contribution in [0.3, 0.4) is 0 Å². The number of nitrogens with one attached hydrogen (secondary N) is 1. The van der Waals surface area contributed by atoms with E-state index in [4.69, 9.17) is 27.9 Å². The van der Waals surface area contributed by atoms with Crippen LogP contribution in [-0.4, -0.2) is 65.4 Å². The molecule has 1 aromatic rings. The molecule has 2 aliphatic heterocycles. The first kappa shape index (κ1) is 24.3. The van der Waals surface area contributed by atoms with Crippen molar-refractivity contribution in [3.05, 3.63) is 52.1 Å². The van der Waals surface area contributed by atoms with Crippen LogP contribution in [0, 0.1) is 6.92 Å². The van der Waals surface area contributed by atoms with Gasteiger partial charge in [0.25, 0.3) is 11.8 Å². The zero-order valence-electron chi connectivity index (χ0n) is 19.2. The molecule has 2 fully saturated rings. The van der Waals surface area contributed by atoms with E-state index in [1.807, 2.05) is 30.0 Å². The summed E-state index contributed by atoms with van der Waals surface area (Å²) in [6.07, 6.45) is 7.49. The number of rotatable bonds is 5. The van der Waals surface area contributed by atoms with Crippen molar-refractivity contribution in [2.75, 3.05) is 31.6 Å². The summed E-state index contributed by atoms with van der Waals surface area (Å²) >= 11 is 12.6. The van der Waals surface area contributed by atoms with Gasteiger partial charge in [0, 0.05) is 55.1 Å². The van der Waals surface area contributed by atoms with Crippen molar-refractivity contribution in [3.8, 4) is 0 Å². The van der Waals surface area contributed by atoms with Crippen LogP contribution in [0.15, 0.2) is 35.9 Å². The lowest BCUT2D eigenvalue weighted by molar-refractivity contribution is -0.145. The quantitative estimate of drug-likeness (QED) is 0.623. The smallest absolute Gasteiger partial charge is 0.252 e. The van der Waals surface area contributed by atoms with Crippen LogP contribution in [0.4, 0.5) is 5.69 Å². The van der Waals surface area contributed by atoms with Gasteiger partial charge in [-0.15, -0.1) is 11.6 Å². The molecule has 178 valence electrons. The number of allylic oxidation sites excluding steroid dienone is 3. The van der Waals surface area contributed by atoms with E-state index in [0.29, 0.717) is 42.4 Å². The number of benzene rings is 1. The monoisotopic (exact) mass is 491 g/mol. The molecule has 0 aromatic heterocycles. The molecule has 0 radical (unpaired) electrons. The Balaban J connectivity index is 1.41. The molecular formula is C25H31Cl2N3O3. The number of halogens is 2. The fourth-order valence-corrected chi connectivity index (χ4v) is 5.23. The molecule has 0 saturated carbocycles. The molecule has 4 rings (SSSR count). The van der Waals surface area contributed by atoms with Gasteiger partial charge in [0.1, 0.15) is 6.10 Å². The fourth-order valence-electron chi connectivity index (χ4n) is 4.74. The minimum Gasteiger partial charge on any atom is -0.368 e. The summed E-state index contributed by atoms with van der Waals surface area (Å²) in [5.74, 6) is -0.0363. The molecular weight excluding hydrogens is 461 g/mol. The minimum absolute atomic E-state index is 0.115. The second-order valence-corrected chi connectivity index (χ2v) is 10.1. The number of piperazine rings is 1. The number of amides is 2. The lowest BCUT2D eigenvalue weighted by Crippen LogP contribution is -2.55. The summed E-state index contributed by atoms with van der Waals surface area (Å²) in [5.41, 5.74) is 3.42. The predicted molar refractivity (Wildman–Crippen MR) is 132 cm³/mol. The molecule has 2 heterocycles. The molecule has 1 unspecified atom stereocenters. The summed E-state index contributed by atoms with van der Waals surface area (Å²) in [6, 6.07) is 3.86. The molecule has 33 heavy (non-hydrogen) atoms. The predicted octanol–water partition coefficient (Wildman–Crippen LogP) is 4.29. The first-order valence-corrected chi connectivity index (χ1v) is 12.4. The highest BCUT2D eigenvalue weighted by Gasteiger charge is 2.34. The molecule has 1 aliphatic carbocycles. The third kappa shape index (κ3) is 5.80. The molecule has 0 bridgehead atoms. The van der Waals surface area contributed by atoms with Gasteiger partial charge in [-0.2, -0.15) is 0 Å². The third-order valence-electron chi connectivity index (χ3n) is 6.65. The van der Waals surface area contributed by atoms with Gasteiger partial charge in [0.05, 0.1) is 5.38 Å². The summed E-state index contributed by atoms with van der Waals surface area (Å²) < 4.78 is 5.59. The first-order valence-electron chi connectivity index (χ1n) is 11.6. The van der Waals surface area contributed by atoms with Crippen molar-refractivity contribution in [3.63, 3.8) is 0 Å². The van der Waals surface area contributed by atoms with E-state index in [1.165, 1.54) is 0 Å². The van der Waals surface area contributed by atoms with Crippen LogP contribution in [-0.2, 0) is 20.9 Å². The summed E-state index contributed by atoms with van der Waals surface area (Å²) in [4.78, 5) is 29.8. The van der Waals surface area contributed by atoms with Crippen LogP contribution in [0.5, 0.6) is 0 Å². The Morgan fingerprint density at radius 2 is 2.09 bits per heavy atom. The van der Waals surface area contributed by atoms with Gasteiger partial charge in [-0.05, 0) is 56.4 Å². The summed E-state index contributed by atoms with van der Waals surface area (Å²) in [6.45, 7) is 7.72. The number of carbonyl (C=O) groups is 2. The van der Waals surface area contributed by atoms with Crippen molar-refractivity contribution in [2.45, 2.75) is 57.2 Å². The number of hydrogen-bond acceptors (Lipinski definition) is 4. The Bertz CT molecular complexity index is 972. The van der Waals surface area contributed by atoms with Gasteiger partial charge in [-0.3, -0.25) is 14.5 Å². The highest BCUT2D eigenvalue weighted by molar-refractivity contribution is 6.31. The Kier molecular flexibility index (Phi) is 7.80. The van der Waals surface area contributed by atoms with E-state index in [1.54, 1.807) is 12.1 Å². The maximum atomic E-state index is 12.8. The normalized spacial score (nSPS) is 25.8. The van der Waals surface area contributed by atoms with Crippen molar-refractivity contribution in [2.24, 2.45) is 0 Å². The second kappa shape index (κ2) is 10.6. The summed E-state index contributed by atoms with van der Waals surface area (Å²) in [7, 11) is 0. The zero-order valence-corrected chi connectivity index (χ0v) is 20.7. The third-order valence-corrected chi connectivity index (χ3v) is 7.16. The Morgan fingerprint density at radius 3 is 2.79 bits per heavy atom. The van der Waals surface area contributed by atoms with E-state index in [9.17, 15) is 9.59 Å². The lowest BCUT2D eigenvalue weighted by atomic mass is 10.0. The highest BCUT2D eigenvalue weighted by Crippen LogP contribution is 2.28. The minimum atomic E-state index is -0.274. The fraction of sp³-hybridized carbons (Fsp3) is 0.520. The molecule has 8 heteroatoms. The van der Waals surface area contributed by atoms with Crippen molar-refractivity contribution in [1.29, 1.82) is 0 Å². The average molecular weight is 492 g/mol. The van der Waals surface area contributed by atoms with E-state index in [-0.39, 0.29) is 29.3 Å². The number of hydrogen-bond donors (Lipinski definition) is 1. The Morgan fingerprint density at radius 1 is 1.27 bits per heavy atom. The van der Waals surface area contributed by atoms with E-state index >= 15 is 0 Å².